The van der Waals surface area contributed by atoms with Crippen LogP contribution in [-0.2, 0) is 26.4 Å². The first-order valence-corrected chi connectivity index (χ1v) is 14.6. The van der Waals surface area contributed by atoms with Crippen molar-refractivity contribution in [2.24, 2.45) is 0 Å². The van der Waals surface area contributed by atoms with Crippen molar-refractivity contribution in [1.82, 2.24) is 0 Å². The zero-order valence-corrected chi connectivity index (χ0v) is 22.6. The van der Waals surface area contributed by atoms with Gasteiger partial charge in [0.1, 0.15) is 12.2 Å². The molecular weight excluding hydrogens is 496 g/mol. The molecule has 1 nitrogen and oxygen atoms in total. The molecule has 6 aliphatic carbocycles. The van der Waals surface area contributed by atoms with Gasteiger partial charge >= 0.3 is 0 Å². The summed E-state index contributed by atoms with van der Waals surface area (Å²) in [4.78, 5) is 0. The van der Waals surface area contributed by atoms with Gasteiger partial charge in [0, 0.05) is 43.9 Å². The van der Waals surface area contributed by atoms with Crippen LogP contribution >= 0.6 is 0 Å². The van der Waals surface area contributed by atoms with Crippen molar-refractivity contribution >= 4 is 0 Å². The zero-order valence-electron chi connectivity index (χ0n) is 22.6. The van der Waals surface area contributed by atoms with Gasteiger partial charge in [0.15, 0.2) is 0 Å². The van der Waals surface area contributed by atoms with Crippen LogP contribution in [0.5, 0.6) is 0 Å². The van der Waals surface area contributed by atoms with E-state index in [0.717, 1.165) is 71.9 Å². The lowest BCUT2D eigenvalue weighted by Crippen LogP contribution is -2.52. The molecule has 6 atom stereocenters. The molecule has 8 aliphatic rings. The topological polar surface area (TPSA) is 9.23 Å². The van der Waals surface area contributed by atoms with Crippen molar-refractivity contribution in [2.75, 3.05) is 0 Å². The van der Waals surface area contributed by atoms with Crippen molar-refractivity contribution in [3.05, 3.63) is 167 Å². The Hall–Kier alpha value is -4.76. The minimum absolute atomic E-state index is 0.0637. The second-order valence-corrected chi connectivity index (χ2v) is 12.2. The molecule has 2 saturated carbocycles. The molecule has 190 valence electrons. The molecule has 0 aromatic heterocycles. The van der Waals surface area contributed by atoms with Crippen LogP contribution in [0.1, 0.15) is 84.1 Å². The Bertz CT molecular complexity index is 1590. The molecule has 9 rings (SSSR count). The third-order valence-electron chi connectivity index (χ3n) is 10.9. The van der Waals surface area contributed by atoms with Gasteiger partial charge in [-0.25, -0.2) is 0 Å². The molecule has 4 unspecified atom stereocenters. The summed E-state index contributed by atoms with van der Waals surface area (Å²) < 4.78 is 6.07. The monoisotopic (exact) mass is 520 g/mol. The van der Waals surface area contributed by atoms with Crippen LogP contribution in [0, 0.1) is 72.8 Å². The highest BCUT2D eigenvalue weighted by Crippen LogP contribution is 2.67. The van der Waals surface area contributed by atoms with Gasteiger partial charge < -0.3 is 4.74 Å². The van der Waals surface area contributed by atoms with Gasteiger partial charge in [0.25, 0.3) is 0 Å². The fourth-order valence-electron chi connectivity index (χ4n) is 9.12. The van der Waals surface area contributed by atoms with Crippen LogP contribution in [-0.4, -0.2) is 0 Å². The van der Waals surface area contributed by atoms with Crippen molar-refractivity contribution in [2.45, 2.75) is 72.4 Å². The average molecular weight is 521 g/mol. The van der Waals surface area contributed by atoms with E-state index in [1.165, 1.54) is 0 Å². The molecule has 0 spiro atoms. The van der Waals surface area contributed by atoms with Gasteiger partial charge in [0.05, 0.1) is 11.1 Å². The third-order valence-corrected chi connectivity index (χ3v) is 10.9. The molecule has 1 heteroatoms. The summed E-state index contributed by atoms with van der Waals surface area (Å²) in [6, 6.07) is 39.5. The Morgan fingerprint density at radius 1 is 0.463 bits per heavy atom. The Balaban J connectivity index is 1.28. The van der Waals surface area contributed by atoms with Gasteiger partial charge in [-0.3, -0.25) is 0 Å². The van der Waals surface area contributed by atoms with Crippen LogP contribution in [0.4, 0.5) is 0 Å². The lowest BCUT2D eigenvalue weighted by Gasteiger charge is -2.53. The molecule has 0 amide bonds. The van der Waals surface area contributed by atoms with Crippen LogP contribution in [0.3, 0.4) is 0 Å². The normalized spacial score (nSPS) is 35.8. The fourth-order valence-corrected chi connectivity index (χ4v) is 9.12. The summed E-state index contributed by atoms with van der Waals surface area (Å²) in [5.74, 6) is 0. The van der Waals surface area contributed by atoms with E-state index in [2.05, 4.69) is 134 Å². The Morgan fingerprint density at radius 3 is 1.12 bits per heavy atom. The van der Waals surface area contributed by atoms with E-state index in [9.17, 15) is 0 Å². The van der Waals surface area contributed by atoms with E-state index in [0.29, 0.717) is 0 Å². The standard InChI is InChI=1S/C40H24O/c1-3-15-31-33(39-23-9-7-21-37(31,39)25-11-27-39)17-5-6-18-34-32(38-22-8-10-24-40(34,38)28-12-26-38)16-4-2-14-30-29(13-1)35-19-20-36(30)41-35/h7-10,19-24,35-36H,11-12,25-28H2/t35-,36+,37?,38?,39?,40?. The number of allylic oxidation sites excluding steroid dienone is 8. The summed E-state index contributed by atoms with van der Waals surface area (Å²) in [5, 5.41) is 0. The molecule has 2 fully saturated rings. The van der Waals surface area contributed by atoms with E-state index in [1.54, 1.807) is 0 Å². The Morgan fingerprint density at radius 2 is 0.780 bits per heavy atom. The van der Waals surface area contributed by atoms with Crippen molar-refractivity contribution < 1.29 is 4.74 Å². The SMILES string of the molecule is c1c#cc2c(c#cc#cc3c(c#cc#cc4c(c#1)[C@@H]1C=C[C@H]4O1)C14C=CC=CC31CCC4)C13C=CC=CC21CCC3. The highest BCUT2D eigenvalue weighted by Gasteiger charge is 2.65. The summed E-state index contributed by atoms with van der Waals surface area (Å²) in [5.41, 5.74) is 6.01. The quantitative estimate of drug-likeness (QED) is 0.337. The largest absolute Gasteiger partial charge is 0.356 e. The first-order chi connectivity index (χ1) is 20.2. The maximum atomic E-state index is 6.07. The highest BCUT2D eigenvalue weighted by molar-refractivity contribution is 5.63. The first-order valence-electron chi connectivity index (χ1n) is 14.6. The Labute approximate surface area is 243 Å². The number of fused-ring (bicyclic) bond motifs is 7. The average Bonchev–Trinajstić information content (AvgIpc) is 3.75. The summed E-state index contributed by atoms with van der Waals surface area (Å²) in [7, 11) is 0. The second-order valence-electron chi connectivity index (χ2n) is 12.2. The fraction of sp³-hybridized carbons (Fsp3) is 0.300. The Kier molecular flexibility index (Phi) is 4.44. The zero-order chi connectivity index (χ0) is 27.1. The number of hydrogen-bond acceptors (Lipinski definition) is 1. The summed E-state index contributed by atoms with van der Waals surface area (Å²) in [6.45, 7) is 0. The lowest BCUT2D eigenvalue weighted by atomic mass is 9.47. The third kappa shape index (κ3) is 2.65. The van der Waals surface area contributed by atoms with Crippen molar-refractivity contribution in [1.29, 1.82) is 0 Å². The minimum atomic E-state index is -0.151. The number of hydrogen-bond donors (Lipinski definition) is 0. The highest BCUT2D eigenvalue weighted by atomic mass is 16.5. The molecular formula is C40H24O. The number of ether oxygens (including phenoxy) is 1. The van der Waals surface area contributed by atoms with E-state index in [4.69, 9.17) is 4.74 Å². The van der Waals surface area contributed by atoms with E-state index in [-0.39, 0.29) is 33.9 Å². The van der Waals surface area contributed by atoms with Crippen molar-refractivity contribution in [3.63, 3.8) is 0 Å². The lowest BCUT2D eigenvalue weighted by molar-refractivity contribution is 0.0878. The number of rotatable bonds is 0. The predicted molar refractivity (Wildman–Crippen MR) is 152 cm³/mol. The van der Waals surface area contributed by atoms with Crippen LogP contribution in [0.2, 0.25) is 0 Å². The van der Waals surface area contributed by atoms with Gasteiger partial charge in [-0.2, -0.15) is 0 Å². The van der Waals surface area contributed by atoms with Crippen LogP contribution < -0.4 is 0 Å². The molecule has 1 aromatic carbocycles. The van der Waals surface area contributed by atoms with E-state index >= 15 is 0 Å². The summed E-state index contributed by atoms with van der Waals surface area (Å²) in [6.07, 6.45) is 28.6. The van der Waals surface area contributed by atoms with Crippen LogP contribution in [0.15, 0.2) is 60.8 Å². The van der Waals surface area contributed by atoms with Crippen molar-refractivity contribution in [3.8, 4) is 0 Å². The maximum Gasteiger partial charge on any atom is 0.111 e. The van der Waals surface area contributed by atoms with E-state index < -0.39 is 0 Å². The molecule has 2 heterocycles. The molecule has 1 aromatic rings. The van der Waals surface area contributed by atoms with Gasteiger partial charge in [0.2, 0.25) is 0 Å². The molecule has 41 heavy (non-hydrogen) atoms. The van der Waals surface area contributed by atoms with Gasteiger partial charge in [-0.15, -0.1) is 0 Å². The molecule has 0 radical (unpaired) electrons. The smallest absolute Gasteiger partial charge is 0.111 e. The van der Waals surface area contributed by atoms with E-state index in [1.807, 2.05) is 0 Å². The molecule has 2 bridgehead atoms. The second kappa shape index (κ2) is 7.92. The molecule has 2 aliphatic heterocycles. The molecule has 0 N–H and O–H groups in total. The maximum absolute atomic E-state index is 6.07. The van der Waals surface area contributed by atoms with Gasteiger partial charge in [-0.05, 0) is 62.1 Å². The minimum Gasteiger partial charge on any atom is -0.356 e. The predicted octanol–water partition coefficient (Wildman–Crippen LogP) is 6.94. The van der Waals surface area contributed by atoms with Crippen LogP contribution in [0.25, 0.3) is 0 Å². The van der Waals surface area contributed by atoms with Gasteiger partial charge in [-0.1, -0.05) is 110 Å². The first kappa shape index (κ1) is 23.0. The molecule has 0 saturated heterocycles. The summed E-state index contributed by atoms with van der Waals surface area (Å²) >= 11 is 0.